The van der Waals surface area contributed by atoms with Gasteiger partial charge in [0, 0.05) is 6.54 Å². The Morgan fingerprint density at radius 2 is 1.90 bits per heavy atom. The van der Waals surface area contributed by atoms with Crippen LogP contribution in [0.4, 0.5) is 13.2 Å². The first kappa shape index (κ1) is 15.1. The van der Waals surface area contributed by atoms with Gasteiger partial charge in [0.05, 0.1) is 6.42 Å². The molecule has 2 atom stereocenters. The number of carbonyl (C=O) groups is 2. The predicted octanol–water partition coefficient (Wildman–Crippen LogP) is 1.70. The summed E-state index contributed by atoms with van der Waals surface area (Å²) in [4.78, 5) is 25.5. The van der Waals surface area contributed by atoms with Crippen molar-refractivity contribution in [2.24, 2.45) is 11.8 Å². The summed E-state index contributed by atoms with van der Waals surface area (Å²) in [6, 6.07) is -1.44. The number of alkyl halides is 3. The van der Waals surface area contributed by atoms with Crippen LogP contribution in [0.3, 0.4) is 0 Å². The minimum atomic E-state index is -4.33. The molecule has 4 nitrogen and oxygen atoms in total. The van der Waals surface area contributed by atoms with E-state index >= 15 is 0 Å². The van der Waals surface area contributed by atoms with E-state index in [1.807, 2.05) is 0 Å². The van der Waals surface area contributed by atoms with Crippen LogP contribution < -0.4 is 5.32 Å². The number of hydrogen-bond acceptors (Lipinski definition) is 2. The van der Waals surface area contributed by atoms with Gasteiger partial charge in [-0.15, -0.1) is 0 Å². The smallest absolute Gasteiger partial charge is 0.342 e. The molecule has 1 saturated carbocycles. The number of nitrogens with zero attached hydrogens (tertiary/aromatic N) is 1. The largest absolute Gasteiger partial charge is 0.390 e. The Bertz CT molecular complexity index is 405. The highest BCUT2D eigenvalue weighted by Crippen LogP contribution is 2.36. The standard InChI is InChI=1S/C13H19F3N2O2/c1-7(2)10-11(19)17-9(8-3-4-8)12(20)18(10)6-5-13(14,15)16/h7-10H,3-6H2,1-2H3,(H,17,19). The fraction of sp³-hybridized carbons (Fsp3) is 0.846. The van der Waals surface area contributed by atoms with Crippen LogP contribution >= 0.6 is 0 Å². The summed E-state index contributed by atoms with van der Waals surface area (Å²) in [5, 5.41) is 2.68. The van der Waals surface area contributed by atoms with Gasteiger partial charge < -0.3 is 10.2 Å². The van der Waals surface area contributed by atoms with Gasteiger partial charge >= 0.3 is 6.18 Å². The van der Waals surface area contributed by atoms with Crippen LogP contribution in [0, 0.1) is 11.8 Å². The summed E-state index contributed by atoms with van der Waals surface area (Å²) in [6.45, 7) is 3.02. The molecule has 2 fully saturated rings. The number of amides is 2. The fourth-order valence-corrected chi connectivity index (χ4v) is 2.67. The summed E-state index contributed by atoms with van der Waals surface area (Å²) >= 11 is 0. The molecule has 1 N–H and O–H groups in total. The third-order valence-electron chi connectivity index (χ3n) is 3.81. The van der Waals surface area contributed by atoms with Gasteiger partial charge in [0.1, 0.15) is 12.1 Å². The highest BCUT2D eigenvalue weighted by molar-refractivity contribution is 5.97. The highest BCUT2D eigenvalue weighted by Gasteiger charge is 2.48. The normalized spacial score (nSPS) is 28.0. The minimum absolute atomic E-state index is 0.0907. The van der Waals surface area contributed by atoms with Crippen LogP contribution in [0.15, 0.2) is 0 Å². The molecular formula is C13H19F3N2O2. The lowest BCUT2D eigenvalue weighted by Crippen LogP contribution is -2.65. The summed E-state index contributed by atoms with van der Waals surface area (Å²) in [5.74, 6) is -0.825. The molecule has 0 aromatic rings. The van der Waals surface area contributed by atoms with Crippen molar-refractivity contribution in [3.05, 3.63) is 0 Å². The molecule has 114 valence electrons. The number of piperazine rings is 1. The minimum Gasteiger partial charge on any atom is -0.342 e. The van der Waals surface area contributed by atoms with Crippen molar-refractivity contribution in [2.45, 2.75) is 51.4 Å². The highest BCUT2D eigenvalue weighted by atomic mass is 19.4. The quantitative estimate of drug-likeness (QED) is 0.857. The maximum atomic E-state index is 12.4. The lowest BCUT2D eigenvalue weighted by Gasteiger charge is -2.41. The van der Waals surface area contributed by atoms with Crippen LogP contribution in [-0.4, -0.2) is 41.5 Å². The lowest BCUT2D eigenvalue weighted by molar-refractivity contribution is -0.160. The van der Waals surface area contributed by atoms with Crippen molar-refractivity contribution in [1.82, 2.24) is 10.2 Å². The second-order valence-electron chi connectivity index (χ2n) is 5.91. The molecule has 0 spiro atoms. The average molecular weight is 292 g/mol. The van der Waals surface area contributed by atoms with E-state index in [1.54, 1.807) is 13.8 Å². The zero-order chi connectivity index (χ0) is 15.1. The van der Waals surface area contributed by atoms with Crippen LogP contribution in [-0.2, 0) is 9.59 Å². The Balaban J connectivity index is 2.15. The lowest BCUT2D eigenvalue weighted by atomic mass is 9.95. The Kier molecular flexibility index (Phi) is 3.97. The van der Waals surface area contributed by atoms with Crippen molar-refractivity contribution in [2.75, 3.05) is 6.54 Å². The molecule has 2 amide bonds. The summed E-state index contributed by atoms with van der Waals surface area (Å²) in [7, 11) is 0. The molecule has 0 radical (unpaired) electrons. The fourth-order valence-electron chi connectivity index (χ4n) is 2.67. The average Bonchev–Trinajstić information content (AvgIpc) is 3.11. The molecule has 1 aliphatic heterocycles. The van der Waals surface area contributed by atoms with Gasteiger partial charge in [0.2, 0.25) is 11.8 Å². The van der Waals surface area contributed by atoms with E-state index in [2.05, 4.69) is 5.32 Å². The molecule has 1 heterocycles. The van der Waals surface area contributed by atoms with E-state index in [1.165, 1.54) is 0 Å². The third-order valence-corrected chi connectivity index (χ3v) is 3.81. The molecular weight excluding hydrogens is 273 g/mol. The Morgan fingerprint density at radius 1 is 1.30 bits per heavy atom. The molecule has 2 aliphatic rings. The zero-order valence-electron chi connectivity index (χ0n) is 11.5. The molecule has 20 heavy (non-hydrogen) atoms. The molecule has 7 heteroatoms. The Hall–Kier alpha value is -1.27. The summed E-state index contributed by atoms with van der Waals surface area (Å²) in [5.41, 5.74) is 0. The monoisotopic (exact) mass is 292 g/mol. The van der Waals surface area contributed by atoms with E-state index in [9.17, 15) is 22.8 Å². The number of hydrogen-bond donors (Lipinski definition) is 1. The van der Waals surface area contributed by atoms with E-state index in [0.717, 1.165) is 17.7 Å². The van der Waals surface area contributed by atoms with Crippen molar-refractivity contribution >= 4 is 11.8 Å². The van der Waals surface area contributed by atoms with Gasteiger partial charge in [-0.25, -0.2) is 0 Å². The first-order valence-electron chi connectivity index (χ1n) is 6.88. The van der Waals surface area contributed by atoms with Gasteiger partial charge in [-0.1, -0.05) is 13.8 Å². The number of rotatable bonds is 4. The topological polar surface area (TPSA) is 49.4 Å². The molecule has 2 rings (SSSR count). The number of nitrogens with one attached hydrogen (secondary N) is 1. The third kappa shape index (κ3) is 3.24. The SMILES string of the molecule is CC(C)C1C(=O)NC(C2CC2)C(=O)N1CCC(F)(F)F. The maximum Gasteiger partial charge on any atom is 0.390 e. The second kappa shape index (κ2) is 5.26. The van der Waals surface area contributed by atoms with Gasteiger partial charge in [0.25, 0.3) is 0 Å². The van der Waals surface area contributed by atoms with E-state index in [4.69, 9.17) is 0 Å². The predicted molar refractivity (Wildman–Crippen MR) is 65.7 cm³/mol. The van der Waals surface area contributed by atoms with E-state index in [0.29, 0.717) is 0 Å². The van der Waals surface area contributed by atoms with E-state index < -0.39 is 31.2 Å². The first-order chi connectivity index (χ1) is 9.20. The van der Waals surface area contributed by atoms with Crippen molar-refractivity contribution in [3.63, 3.8) is 0 Å². The van der Waals surface area contributed by atoms with Gasteiger partial charge in [-0.3, -0.25) is 9.59 Å². The Morgan fingerprint density at radius 3 is 2.35 bits per heavy atom. The van der Waals surface area contributed by atoms with Gasteiger partial charge in [0.15, 0.2) is 0 Å². The van der Waals surface area contributed by atoms with Crippen LogP contribution in [0.25, 0.3) is 0 Å². The van der Waals surface area contributed by atoms with Crippen molar-refractivity contribution in [3.8, 4) is 0 Å². The van der Waals surface area contributed by atoms with Crippen LogP contribution in [0.1, 0.15) is 33.1 Å². The molecule has 0 aromatic heterocycles. The first-order valence-corrected chi connectivity index (χ1v) is 6.88. The van der Waals surface area contributed by atoms with E-state index in [-0.39, 0.29) is 23.7 Å². The molecule has 0 bridgehead atoms. The van der Waals surface area contributed by atoms with Gasteiger partial charge in [-0.2, -0.15) is 13.2 Å². The second-order valence-corrected chi connectivity index (χ2v) is 5.91. The summed E-state index contributed by atoms with van der Waals surface area (Å²) in [6.07, 6.45) is -3.72. The summed E-state index contributed by atoms with van der Waals surface area (Å²) < 4.78 is 37.2. The maximum absolute atomic E-state index is 12.4. The molecule has 1 aliphatic carbocycles. The molecule has 2 unspecified atom stereocenters. The Labute approximate surface area is 115 Å². The van der Waals surface area contributed by atoms with Crippen molar-refractivity contribution < 1.29 is 22.8 Å². The zero-order valence-corrected chi connectivity index (χ0v) is 11.5. The van der Waals surface area contributed by atoms with Crippen LogP contribution in [0.2, 0.25) is 0 Å². The number of halogens is 3. The molecule has 1 saturated heterocycles. The van der Waals surface area contributed by atoms with Gasteiger partial charge in [-0.05, 0) is 24.7 Å². The van der Waals surface area contributed by atoms with Crippen molar-refractivity contribution in [1.29, 1.82) is 0 Å². The number of carbonyl (C=O) groups excluding carboxylic acids is 2. The van der Waals surface area contributed by atoms with Crippen LogP contribution in [0.5, 0.6) is 0 Å². The molecule has 0 aromatic carbocycles.